The molecule has 0 aliphatic rings. The van der Waals surface area contributed by atoms with Gasteiger partial charge in [0, 0.05) is 19.3 Å². The van der Waals surface area contributed by atoms with Crippen LogP contribution in [0.15, 0.2) is 122 Å². The Hall–Kier alpha value is -4.19. The van der Waals surface area contributed by atoms with Gasteiger partial charge in [0.25, 0.3) is 0 Å². The van der Waals surface area contributed by atoms with Gasteiger partial charge in [0.05, 0.1) is 0 Å². The van der Waals surface area contributed by atoms with Gasteiger partial charge in [0.1, 0.15) is 13.2 Å². The maximum absolute atomic E-state index is 12.9. The lowest BCUT2D eigenvalue weighted by Gasteiger charge is -2.18. The first-order chi connectivity index (χ1) is 40.0. The third-order valence-corrected chi connectivity index (χ3v) is 14.4. The van der Waals surface area contributed by atoms with Crippen LogP contribution in [0.3, 0.4) is 0 Å². The number of unbranched alkanes of at least 4 members (excludes halogenated alkanes) is 30. The molecule has 1 atom stereocenters. The molecule has 0 N–H and O–H groups in total. The number of esters is 3. The quantitative estimate of drug-likeness (QED) is 0.0261. The molecule has 0 aromatic rings. The molecule has 0 saturated heterocycles. The normalized spacial score (nSPS) is 12.9. The van der Waals surface area contributed by atoms with E-state index in [1.54, 1.807) is 0 Å². The number of hydrogen-bond donors (Lipinski definition) is 0. The van der Waals surface area contributed by atoms with Crippen molar-refractivity contribution in [1.29, 1.82) is 0 Å². The summed E-state index contributed by atoms with van der Waals surface area (Å²) in [5.41, 5.74) is 0. The molecule has 6 nitrogen and oxygen atoms in total. The van der Waals surface area contributed by atoms with Gasteiger partial charge in [-0.1, -0.05) is 290 Å². The summed E-state index contributed by atoms with van der Waals surface area (Å²) in [6, 6.07) is 0. The lowest BCUT2D eigenvalue weighted by molar-refractivity contribution is -0.167. The second kappa shape index (κ2) is 68.3. The van der Waals surface area contributed by atoms with Gasteiger partial charge in [-0.3, -0.25) is 14.4 Å². The zero-order valence-corrected chi connectivity index (χ0v) is 53.0. The van der Waals surface area contributed by atoms with Crippen LogP contribution in [0.2, 0.25) is 0 Å². The van der Waals surface area contributed by atoms with Crippen LogP contribution in [0.4, 0.5) is 0 Å². The molecule has 462 valence electrons. The Labute approximate surface area is 501 Å². The molecule has 0 aromatic heterocycles. The molecule has 0 fully saturated rings. The number of carbonyl (C=O) groups is 3. The standard InChI is InChI=1S/C75H126O6/c1-4-7-10-13-16-19-22-25-28-30-32-34-36-37-39-40-42-44-47-50-53-56-59-62-65-68-74(77)80-71-72(70-79-73(76)67-64-61-58-55-52-49-46-27-24-21-18-15-12-9-6-3)81-75(78)69-66-63-60-57-54-51-48-45-43-41-38-35-33-31-29-26-23-20-17-14-11-8-5-2/h8-9,11-12,17-18,20-21,26-27,29-30,32-33,35,41,43,46,52,55,72H,4-7,10,13-16,19,22-25,28,31,34,36-40,42,44-45,47-51,53-54,56-71H2,1-3H3/b11-8-,12-9-,20-17-,21-18-,29-26-,32-30-,35-33-,43-41-,46-27-,55-52-. The van der Waals surface area contributed by atoms with E-state index in [-0.39, 0.29) is 31.1 Å². The summed E-state index contributed by atoms with van der Waals surface area (Å²) in [6.07, 6.45) is 95.1. The molecule has 0 rings (SSSR count). The van der Waals surface area contributed by atoms with Gasteiger partial charge in [-0.2, -0.15) is 0 Å². The first kappa shape index (κ1) is 76.8. The van der Waals surface area contributed by atoms with E-state index in [1.807, 2.05) is 0 Å². The minimum Gasteiger partial charge on any atom is -0.462 e. The van der Waals surface area contributed by atoms with Crippen LogP contribution in [-0.4, -0.2) is 37.2 Å². The summed E-state index contributed by atoms with van der Waals surface area (Å²) in [7, 11) is 0. The molecule has 0 amide bonds. The molecular weight excluding hydrogens is 997 g/mol. The van der Waals surface area contributed by atoms with E-state index in [1.165, 1.54) is 148 Å². The average Bonchev–Trinajstić information content (AvgIpc) is 3.47. The van der Waals surface area contributed by atoms with E-state index in [2.05, 4.69) is 142 Å². The van der Waals surface area contributed by atoms with Crippen molar-refractivity contribution in [3.8, 4) is 0 Å². The van der Waals surface area contributed by atoms with Crippen LogP contribution in [0.25, 0.3) is 0 Å². The van der Waals surface area contributed by atoms with Crippen molar-refractivity contribution >= 4 is 17.9 Å². The Morgan fingerprint density at radius 2 is 0.481 bits per heavy atom. The van der Waals surface area contributed by atoms with Gasteiger partial charge < -0.3 is 14.2 Å². The number of ether oxygens (including phenoxy) is 3. The zero-order chi connectivity index (χ0) is 58.5. The highest BCUT2D eigenvalue weighted by molar-refractivity contribution is 5.71. The van der Waals surface area contributed by atoms with Gasteiger partial charge in [0.15, 0.2) is 6.10 Å². The predicted molar refractivity (Wildman–Crippen MR) is 353 cm³/mol. The molecule has 0 saturated carbocycles. The van der Waals surface area contributed by atoms with Gasteiger partial charge in [0.2, 0.25) is 0 Å². The summed E-state index contributed by atoms with van der Waals surface area (Å²) in [5, 5.41) is 0. The van der Waals surface area contributed by atoms with Crippen LogP contribution < -0.4 is 0 Å². The number of carbonyl (C=O) groups excluding carboxylic acids is 3. The van der Waals surface area contributed by atoms with Crippen molar-refractivity contribution in [2.75, 3.05) is 13.2 Å². The molecule has 0 radical (unpaired) electrons. The lowest BCUT2D eigenvalue weighted by atomic mass is 10.0. The minimum absolute atomic E-state index is 0.0971. The van der Waals surface area contributed by atoms with Crippen LogP contribution in [0.1, 0.15) is 316 Å². The second-order valence-corrected chi connectivity index (χ2v) is 22.3. The topological polar surface area (TPSA) is 78.9 Å². The molecule has 0 aromatic carbocycles. The second-order valence-electron chi connectivity index (χ2n) is 22.3. The molecule has 81 heavy (non-hydrogen) atoms. The molecule has 0 aliphatic carbocycles. The fourth-order valence-electron chi connectivity index (χ4n) is 9.40. The van der Waals surface area contributed by atoms with E-state index in [9.17, 15) is 14.4 Å². The first-order valence-electron chi connectivity index (χ1n) is 34.0. The van der Waals surface area contributed by atoms with Crippen molar-refractivity contribution in [3.05, 3.63) is 122 Å². The number of hydrogen-bond acceptors (Lipinski definition) is 6. The molecule has 6 heteroatoms. The van der Waals surface area contributed by atoms with Gasteiger partial charge in [-0.15, -0.1) is 0 Å². The van der Waals surface area contributed by atoms with Crippen LogP contribution in [-0.2, 0) is 28.6 Å². The van der Waals surface area contributed by atoms with Crippen molar-refractivity contribution < 1.29 is 28.6 Å². The fourth-order valence-corrected chi connectivity index (χ4v) is 9.40. The van der Waals surface area contributed by atoms with Crippen LogP contribution in [0, 0.1) is 0 Å². The van der Waals surface area contributed by atoms with Crippen LogP contribution >= 0.6 is 0 Å². The predicted octanol–water partition coefficient (Wildman–Crippen LogP) is 23.6. The molecule has 0 heterocycles. The first-order valence-corrected chi connectivity index (χ1v) is 34.0. The highest BCUT2D eigenvalue weighted by Gasteiger charge is 2.19. The Kier molecular flexibility index (Phi) is 64.8. The van der Waals surface area contributed by atoms with Crippen molar-refractivity contribution in [1.82, 2.24) is 0 Å². The van der Waals surface area contributed by atoms with E-state index in [0.717, 1.165) is 128 Å². The Morgan fingerprint density at radius 3 is 0.790 bits per heavy atom. The van der Waals surface area contributed by atoms with E-state index in [0.29, 0.717) is 19.3 Å². The number of allylic oxidation sites excluding steroid dienone is 20. The monoisotopic (exact) mass is 1120 g/mol. The SMILES string of the molecule is CC/C=C\C/C=C\C/C=C\C/C=C\C/C=C\CCCCCCCCCC(=O)OC(COC(=O)CCCC/C=C\C/C=C\C/C=C\C/C=C\CC)COC(=O)CCCCCCCCCCCCCCC/C=C\CCCCCCCCCC. The van der Waals surface area contributed by atoms with E-state index < -0.39 is 6.10 Å². The number of rotatable bonds is 61. The van der Waals surface area contributed by atoms with Crippen molar-refractivity contribution in [3.63, 3.8) is 0 Å². The Bertz CT molecular complexity index is 1670. The van der Waals surface area contributed by atoms with E-state index >= 15 is 0 Å². The average molecular weight is 1120 g/mol. The maximum Gasteiger partial charge on any atom is 0.306 e. The van der Waals surface area contributed by atoms with Gasteiger partial charge in [-0.25, -0.2) is 0 Å². The zero-order valence-electron chi connectivity index (χ0n) is 53.0. The van der Waals surface area contributed by atoms with Crippen molar-refractivity contribution in [2.45, 2.75) is 322 Å². The van der Waals surface area contributed by atoms with Gasteiger partial charge >= 0.3 is 17.9 Å². The smallest absolute Gasteiger partial charge is 0.306 e. The molecule has 0 spiro atoms. The molecule has 0 bridgehead atoms. The Morgan fingerprint density at radius 1 is 0.259 bits per heavy atom. The highest BCUT2D eigenvalue weighted by Crippen LogP contribution is 2.16. The van der Waals surface area contributed by atoms with Crippen LogP contribution in [0.5, 0.6) is 0 Å². The molecular formula is C75H126O6. The summed E-state index contributed by atoms with van der Waals surface area (Å²) in [4.78, 5) is 38.4. The largest absolute Gasteiger partial charge is 0.462 e. The summed E-state index contributed by atoms with van der Waals surface area (Å²) >= 11 is 0. The molecule has 0 aliphatic heterocycles. The van der Waals surface area contributed by atoms with Crippen molar-refractivity contribution in [2.24, 2.45) is 0 Å². The Balaban J connectivity index is 4.39. The van der Waals surface area contributed by atoms with Gasteiger partial charge in [-0.05, 0) is 128 Å². The third-order valence-electron chi connectivity index (χ3n) is 14.4. The highest BCUT2D eigenvalue weighted by atomic mass is 16.6. The summed E-state index contributed by atoms with van der Waals surface area (Å²) in [5.74, 6) is -0.944. The third kappa shape index (κ3) is 66.5. The maximum atomic E-state index is 12.9. The van der Waals surface area contributed by atoms with E-state index in [4.69, 9.17) is 14.2 Å². The summed E-state index contributed by atoms with van der Waals surface area (Å²) < 4.78 is 16.9. The minimum atomic E-state index is -0.806. The summed E-state index contributed by atoms with van der Waals surface area (Å²) in [6.45, 7) is 6.39. The lowest BCUT2D eigenvalue weighted by Crippen LogP contribution is -2.30. The molecule has 1 unspecified atom stereocenters. The fraction of sp³-hybridized carbons (Fsp3) is 0.693.